The van der Waals surface area contributed by atoms with Crippen LogP contribution in [-0.2, 0) is 19.6 Å². The lowest BCUT2D eigenvalue weighted by Crippen LogP contribution is -2.22. The first kappa shape index (κ1) is 18.0. The van der Waals surface area contributed by atoms with E-state index in [1.165, 1.54) is 10.6 Å². The zero-order chi connectivity index (χ0) is 19.8. The summed E-state index contributed by atoms with van der Waals surface area (Å²) in [7, 11) is 0. The van der Waals surface area contributed by atoms with Gasteiger partial charge in [0, 0.05) is 42.7 Å². The van der Waals surface area contributed by atoms with Crippen molar-refractivity contribution in [2.45, 2.75) is 19.6 Å². The minimum atomic E-state index is -0.213. The van der Waals surface area contributed by atoms with E-state index in [4.69, 9.17) is 20.8 Å². The molecule has 0 atom stereocenters. The van der Waals surface area contributed by atoms with E-state index in [-0.39, 0.29) is 5.56 Å². The number of nitrogens with one attached hydrogen (secondary N) is 1. The first-order chi connectivity index (χ1) is 14.2. The first-order valence-electron chi connectivity index (χ1n) is 9.54. The van der Waals surface area contributed by atoms with Crippen LogP contribution in [0.15, 0.2) is 70.0 Å². The summed E-state index contributed by atoms with van der Waals surface area (Å²) in [6.45, 7) is 2.07. The Morgan fingerprint density at radius 3 is 2.83 bits per heavy atom. The molecule has 0 fully saturated rings. The predicted octanol–water partition coefficient (Wildman–Crippen LogP) is 4.46. The Bertz CT molecular complexity index is 1240. The van der Waals surface area contributed by atoms with Gasteiger partial charge in [0.05, 0.1) is 5.69 Å². The fourth-order valence-corrected chi connectivity index (χ4v) is 4.00. The van der Waals surface area contributed by atoms with Gasteiger partial charge in [0.2, 0.25) is 0 Å². The number of hydrogen-bond donors (Lipinski definition) is 1. The molecule has 3 heterocycles. The third-order valence-electron chi connectivity index (χ3n) is 5.19. The van der Waals surface area contributed by atoms with E-state index in [0.717, 1.165) is 41.8 Å². The second-order valence-electron chi connectivity index (χ2n) is 7.05. The van der Waals surface area contributed by atoms with Crippen molar-refractivity contribution >= 4 is 22.6 Å². The van der Waals surface area contributed by atoms with Crippen LogP contribution in [0.2, 0.25) is 5.02 Å². The van der Waals surface area contributed by atoms with Crippen molar-refractivity contribution in [1.82, 2.24) is 9.88 Å². The molecular weight excluding hydrogens is 388 g/mol. The number of ether oxygens (including phenoxy) is 1. The summed E-state index contributed by atoms with van der Waals surface area (Å²) in [5.41, 5.74) is 3.21. The molecule has 0 amide bonds. The number of pyridine rings is 1. The summed E-state index contributed by atoms with van der Waals surface area (Å²) >= 11 is 6.64. The van der Waals surface area contributed by atoms with Crippen LogP contribution in [0.5, 0.6) is 5.75 Å². The molecule has 1 N–H and O–H groups in total. The van der Waals surface area contributed by atoms with E-state index in [1.54, 1.807) is 12.3 Å². The number of hydrogen-bond acceptors (Lipinski definition) is 4. The van der Waals surface area contributed by atoms with Gasteiger partial charge in [-0.15, -0.1) is 0 Å². The minimum absolute atomic E-state index is 0.213. The molecule has 0 radical (unpaired) electrons. The van der Waals surface area contributed by atoms with E-state index in [1.807, 2.05) is 42.5 Å². The number of furan rings is 1. The third kappa shape index (κ3) is 3.33. The second-order valence-corrected chi connectivity index (χ2v) is 7.43. The van der Waals surface area contributed by atoms with Gasteiger partial charge in [0.1, 0.15) is 23.1 Å². The molecule has 146 valence electrons. The Labute approximate surface area is 172 Å². The molecule has 2 aromatic heterocycles. The summed E-state index contributed by atoms with van der Waals surface area (Å²) < 4.78 is 13.3. The van der Waals surface area contributed by atoms with Crippen molar-refractivity contribution < 1.29 is 9.15 Å². The highest BCUT2D eigenvalue weighted by molar-refractivity contribution is 6.36. The SMILES string of the molecule is O=c1cc(OCc2ccccc2)ccn1-c1ccc2c3c(oc2c1Cl)CCNC3. The summed E-state index contributed by atoms with van der Waals surface area (Å²) in [5.74, 6) is 1.49. The lowest BCUT2D eigenvalue weighted by Gasteiger charge is -2.11. The molecule has 0 unspecified atom stereocenters. The Balaban J connectivity index is 1.47. The van der Waals surface area contributed by atoms with E-state index >= 15 is 0 Å². The molecule has 5 nitrogen and oxygen atoms in total. The summed E-state index contributed by atoms with van der Waals surface area (Å²) in [6, 6.07) is 16.9. The van der Waals surface area contributed by atoms with Gasteiger partial charge in [-0.3, -0.25) is 9.36 Å². The van der Waals surface area contributed by atoms with Crippen molar-refractivity contribution in [2.75, 3.05) is 6.54 Å². The lowest BCUT2D eigenvalue weighted by molar-refractivity contribution is 0.305. The maximum absolute atomic E-state index is 12.7. The van der Waals surface area contributed by atoms with Crippen LogP contribution in [0.4, 0.5) is 0 Å². The number of benzene rings is 2. The zero-order valence-electron chi connectivity index (χ0n) is 15.7. The van der Waals surface area contributed by atoms with Gasteiger partial charge in [-0.2, -0.15) is 0 Å². The quantitative estimate of drug-likeness (QED) is 0.543. The molecule has 0 aliphatic carbocycles. The van der Waals surface area contributed by atoms with Gasteiger partial charge < -0.3 is 14.5 Å². The first-order valence-corrected chi connectivity index (χ1v) is 9.92. The van der Waals surface area contributed by atoms with Crippen LogP contribution in [0.25, 0.3) is 16.7 Å². The number of aromatic nitrogens is 1. The van der Waals surface area contributed by atoms with Crippen LogP contribution in [-0.4, -0.2) is 11.1 Å². The topological polar surface area (TPSA) is 56.4 Å². The Kier molecular flexibility index (Phi) is 4.62. The van der Waals surface area contributed by atoms with Crippen molar-refractivity contribution in [3.8, 4) is 11.4 Å². The fraction of sp³-hybridized carbons (Fsp3) is 0.174. The summed E-state index contributed by atoms with van der Waals surface area (Å²) in [4.78, 5) is 12.7. The molecule has 0 spiro atoms. The fourth-order valence-electron chi connectivity index (χ4n) is 3.71. The highest BCUT2D eigenvalue weighted by Gasteiger charge is 2.21. The molecule has 0 saturated heterocycles. The van der Waals surface area contributed by atoms with E-state index in [2.05, 4.69) is 5.32 Å². The normalized spacial score (nSPS) is 13.4. The lowest BCUT2D eigenvalue weighted by atomic mass is 10.1. The predicted molar refractivity (Wildman–Crippen MR) is 113 cm³/mol. The average molecular weight is 407 g/mol. The molecule has 4 aromatic rings. The van der Waals surface area contributed by atoms with Crippen LogP contribution in [0.1, 0.15) is 16.9 Å². The highest BCUT2D eigenvalue weighted by Crippen LogP contribution is 2.36. The van der Waals surface area contributed by atoms with Crippen molar-refractivity contribution in [1.29, 1.82) is 0 Å². The molecular formula is C23H19ClN2O3. The second kappa shape index (κ2) is 7.43. The molecule has 2 aromatic carbocycles. The number of halogens is 1. The summed E-state index contributed by atoms with van der Waals surface area (Å²) in [5, 5.41) is 4.79. The molecule has 5 rings (SSSR count). The zero-order valence-corrected chi connectivity index (χ0v) is 16.4. The molecule has 6 heteroatoms. The molecule has 0 saturated carbocycles. The van der Waals surface area contributed by atoms with Gasteiger partial charge in [0.25, 0.3) is 5.56 Å². The van der Waals surface area contributed by atoms with Gasteiger partial charge in [-0.1, -0.05) is 41.9 Å². The Morgan fingerprint density at radius 1 is 1.14 bits per heavy atom. The van der Waals surface area contributed by atoms with Crippen molar-refractivity contribution in [2.24, 2.45) is 0 Å². The molecule has 1 aliphatic heterocycles. The van der Waals surface area contributed by atoms with E-state index < -0.39 is 0 Å². The average Bonchev–Trinajstić information content (AvgIpc) is 3.14. The molecule has 29 heavy (non-hydrogen) atoms. The molecule has 1 aliphatic rings. The number of rotatable bonds is 4. The smallest absolute Gasteiger partial charge is 0.258 e. The Morgan fingerprint density at radius 2 is 2.00 bits per heavy atom. The maximum Gasteiger partial charge on any atom is 0.258 e. The Hall–Kier alpha value is -3.02. The van der Waals surface area contributed by atoms with Crippen LogP contribution >= 0.6 is 11.6 Å². The number of nitrogens with zero attached hydrogens (tertiary/aromatic N) is 1. The molecule has 0 bridgehead atoms. The van der Waals surface area contributed by atoms with E-state index in [0.29, 0.717) is 28.6 Å². The van der Waals surface area contributed by atoms with Crippen LogP contribution in [0, 0.1) is 0 Å². The summed E-state index contributed by atoms with van der Waals surface area (Å²) in [6.07, 6.45) is 2.52. The van der Waals surface area contributed by atoms with Gasteiger partial charge in [-0.25, -0.2) is 0 Å². The van der Waals surface area contributed by atoms with Gasteiger partial charge in [0.15, 0.2) is 5.58 Å². The maximum atomic E-state index is 12.7. The van der Waals surface area contributed by atoms with Crippen molar-refractivity contribution in [3.05, 3.63) is 93.1 Å². The minimum Gasteiger partial charge on any atom is -0.489 e. The van der Waals surface area contributed by atoms with Crippen molar-refractivity contribution in [3.63, 3.8) is 0 Å². The van der Waals surface area contributed by atoms with E-state index in [9.17, 15) is 4.79 Å². The van der Waals surface area contributed by atoms with Crippen LogP contribution < -0.4 is 15.6 Å². The van der Waals surface area contributed by atoms with Crippen LogP contribution in [0.3, 0.4) is 0 Å². The standard InChI is InChI=1S/C23H19ClN2O3/c24-22-19(7-6-17-18-13-25-10-8-20(18)29-23(17)22)26-11-9-16(12-21(26)27)28-14-15-4-2-1-3-5-15/h1-7,9,11-12,25H,8,10,13-14H2. The van der Waals surface area contributed by atoms with Gasteiger partial charge >= 0.3 is 0 Å². The largest absolute Gasteiger partial charge is 0.489 e. The van der Waals surface area contributed by atoms with Gasteiger partial charge in [-0.05, 0) is 23.8 Å². The highest BCUT2D eigenvalue weighted by atomic mass is 35.5. The number of fused-ring (bicyclic) bond motifs is 3. The monoisotopic (exact) mass is 406 g/mol. The third-order valence-corrected chi connectivity index (χ3v) is 5.56.